The van der Waals surface area contributed by atoms with Gasteiger partial charge in [-0.1, -0.05) is 13.2 Å². The van der Waals surface area contributed by atoms with Gasteiger partial charge in [-0.2, -0.15) is 26.3 Å². The molecule has 4 N–H and O–H groups in total. The molecule has 8 nitrogen and oxygen atoms in total. The largest absolute Gasteiger partial charge is 0.438 e. The van der Waals surface area contributed by atoms with E-state index in [0.29, 0.717) is 0 Å². The maximum Gasteiger partial charge on any atom is 0.438 e. The standard InChI is InChI=1S/C18H16F6N4O4/c1-9-7-15(31,17(19,20)21)27(25-9)13(29)11-3-5-12(6-4-11)14(30)28-16(32,18(22,23)24)8-10(2)26-28/h3-6,25-26,31-32H,1-2,7-8H2. The van der Waals surface area contributed by atoms with Crippen LogP contribution in [0.25, 0.3) is 0 Å². The Morgan fingerprint density at radius 2 is 1.06 bits per heavy atom. The molecule has 2 atom stereocenters. The Morgan fingerprint density at radius 1 is 0.781 bits per heavy atom. The molecule has 0 saturated carbocycles. The smallest absolute Gasteiger partial charge is 0.362 e. The molecule has 0 spiro atoms. The Morgan fingerprint density at radius 3 is 1.31 bits per heavy atom. The van der Waals surface area contributed by atoms with Crippen LogP contribution in [0.4, 0.5) is 26.3 Å². The predicted molar refractivity (Wildman–Crippen MR) is 94.6 cm³/mol. The van der Waals surface area contributed by atoms with Crippen LogP contribution in [0.5, 0.6) is 0 Å². The van der Waals surface area contributed by atoms with E-state index < -0.39 is 59.6 Å². The number of hydrazine groups is 2. The van der Waals surface area contributed by atoms with Crippen LogP contribution in [-0.4, -0.2) is 55.8 Å². The average Bonchev–Trinajstić information content (AvgIpc) is 3.16. The number of nitrogens with one attached hydrogen (secondary N) is 2. The normalized spacial score (nSPS) is 26.2. The second-order valence-corrected chi connectivity index (χ2v) is 7.27. The number of carbonyl (C=O) groups is 2. The zero-order chi connectivity index (χ0) is 24.3. The molecule has 0 aliphatic carbocycles. The van der Waals surface area contributed by atoms with Gasteiger partial charge >= 0.3 is 12.4 Å². The molecular formula is C18H16F6N4O4. The number of alkyl halides is 6. The van der Waals surface area contributed by atoms with Crippen molar-refractivity contribution in [1.29, 1.82) is 0 Å². The van der Waals surface area contributed by atoms with Gasteiger partial charge in [-0.25, -0.2) is 10.0 Å². The lowest BCUT2D eigenvalue weighted by atomic mass is 10.1. The highest BCUT2D eigenvalue weighted by atomic mass is 19.4. The number of carbonyl (C=O) groups excluding carboxylic acids is 2. The summed E-state index contributed by atoms with van der Waals surface area (Å²) in [6.45, 7) is 6.53. The number of aliphatic hydroxyl groups is 2. The number of rotatable bonds is 2. The van der Waals surface area contributed by atoms with Gasteiger partial charge in [0, 0.05) is 35.4 Å². The van der Waals surface area contributed by atoms with Crippen molar-refractivity contribution in [2.45, 2.75) is 36.6 Å². The van der Waals surface area contributed by atoms with E-state index in [0.717, 1.165) is 24.3 Å². The molecule has 2 heterocycles. The first kappa shape index (κ1) is 23.4. The van der Waals surface area contributed by atoms with Gasteiger partial charge in [0.1, 0.15) is 0 Å². The molecule has 2 unspecified atom stereocenters. The van der Waals surface area contributed by atoms with E-state index in [9.17, 15) is 46.1 Å². The summed E-state index contributed by atoms with van der Waals surface area (Å²) in [5, 5.41) is 19.8. The van der Waals surface area contributed by atoms with Gasteiger partial charge in [0.2, 0.25) is 0 Å². The number of hydrogen-bond acceptors (Lipinski definition) is 6. The molecular weight excluding hydrogens is 450 g/mol. The Kier molecular flexibility index (Phi) is 5.22. The highest BCUT2D eigenvalue weighted by molar-refractivity contribution is 5.98. The fourth-order valence-corrected chi connectivity index (χ4v) is 3.24. The summed E-state index contributed by atoms with van der Waals surface area (Å²) in [5.74, 6) is -2.66. The third kappa shape index (κ3) is 3.54. The molecule has 2 saturated heterocycles. The molecule has 32 heavy (non-hydrogen) atoms. The van der Waals surface area contributed by atoms with Crippen LogP contribution in [0.3, 0.4) is 0 Å². The van der Waals surface area contributed by atoms with Crippen molar-refractivity contribution in [3.05, 3.63) is 59.9 Å². The molecule has 2 aliphatic heterocycles. The number of hydrogen-bond donors (Lipinski definition) is 4. The maximum atomic E-state index is 13.3. The molecule has 2 aliphatic rings. The summed E-state index contributed by atoms with van der Waals surface area (Å²) in [7, 11) is 0. The quantitative estimate of drug-likeness (QED) is 0.497. The molecule has 1 aromatic rings. The van der Waals surface area contributed by atoms with Crippen molar-refractivity contribution in [1.82, 2.24) is 20.9 Å². The SMILES string of the molecule is C=C1CC(O)(C(F)(F)F)N(C(=O)c2ccc(C(=O)N3NC(=C)CC3(O)C(F)(F)F)cc2)N1. The predicted octanol–water partition coefficient (Wildman–Crippen LogP) is 1.92. The molecule has 14 heteroatoms. The minimum absolute atomic E-state index is 0.0689. The van der Waals surface area contributed by atoms with Gasteiger partial charge in [-0.15, -0.1) is 0 Å². The second kappa shape index (κ2) is 7.13. The zero-order valence-electron chi connectivity index (χ0n) is 16.0. The number of benzene rings is 1. The summed E-state index contributed by atoms with van der Waals surface area (Å²) in [6.07, 6.45) is -12.5. The van der Waals surface area contributed by atoms with Gasteiger partial charge in [-0.3, -0.25) is 20.4 Å². The van der Waals surface area contributed by atoms with Crippen LogP contribution >= 0.6 is 0 Å². The Hall–Kier alpha value is -3.26. The summed E-state index contributed by atoms with van der Waals surface area (Å²) in [5.41, 5.74) is -4.48. The zero-order valence-corrected chi connectivity index (χ0v) is 16.0. The first-order chi connectivity index (χ1) is 14.5. The van der Waals surface area contributed by atoms with E-state index in [4.69, 9.17) is 0 Å². The molecule has 2 fully saturated rings. The lowest BCUT2D eigenvalue weighted by molar-refractivity contribution is -0.299. The van der Waals surface area contributed by atoms with E-state index in [1.165, 1.54) is 0 Å². The van der Waals surface area contributed by atoms with Gasteiger partial charge in [0.25, 0.3) is 23.3 Å². The molecule has 174 valence electrons. The lowest BCUT2D eigenvalue weighted by Gasteiger charge is -2.34. The van der Waals surface area contributed by atoms with E-state index >= 15 is 0 Å². The Balaban J connectivity index is 1.87. The number of nitrogens with zero attached hydrogens (tertiary/aromatic N) is 2. The van der Waals surface area contributed by atoms with Crippen LogP contribution in [0.15, 0.2) is 48.8 Å². The summed E-state index contributed by atoms with van der Waals surface area (Å²) >= 11 is 0. The Labute approximate surface area is 176 Å². The Bertz CT molecular complexity index is 914. The third-order valence-electron chi connectivity index (χ3n) is 4.89. The van der Waals surface area contributed by atoms with E-state index in [1.54, 1.807) is 0 Å². The number of halogens is 6. The van der Waals surface area contributed by atoms with E-state index in [1.807, 2.05) is 10.9 Å². The van der Waals surface area contributed by atoms with Crippen LogP contribution in [-0.2, 0) is 0 Å². The molecule has 0 radical (unpaired) electrons. The van der Waals surface area contributed by atoms with Crippen LogP contribution in [0.1, 0.15) is 33.6 Å². The van der Waals surface area contributed by atoms with Gasteiger partial charge < -0.3 is 10.2 Å². The third-order valence-corrected chi connectivity index (χ3v) is 4.89. The van der Waals surface area contributed by atoms with Crippen molar-refractivity contribution in [2.24, 2.45) is 0 Å². The fourth-order valence-electron chi connectivity index (χ4n) is 3.24. The van der Waals surface area contributed by atoms with Crippen molar-refractivity contribution >= 4 is 11.8 Å². The minimum atomic E-state index is -5.23. The lowest BCUT2D eigenvalue weighted by Crippen LogP contribution is -2.60. The summed E-state index contributed by atoms with van der Waals surface area (Å²) in [4.78, 5) is 25.0. The maximum absolute atomic E-state index is 13.3. The second-order valence-electron chi connectivity index (χ2n) is 7.27. The minimum Gasteiger partial charge on any atom is -0.362 e. The molecule has 1 aromatic carbocycles. The van der Waals surface area contributed by atoms with Gasteiger partial charge in [-0.05, 0) is 24.3 Å². The van der Waals surface area contributed by atoms with Crippen molar-refractivity contribution in [2.75, 3.05) is 0 Å². The fraction of sp³-hybridized carbons (Fsp3) is 0.333. The van der Waals surface area contributed by atoms with Crippen molar-refractivity contribution < 1.29 is 46.1 Å². The molecule has 0 bridgehead atoms. The summed E-state index contributed by atoms with van der Waals surface area (Å²) in [6, 6.07) is 3.53. The molecule has 2 amide bonds. The van der Waals surface area contributed by atoms with Gasteiger partial charge in [0.15, 0.2) is 0 Å². The summed E-state index contributed by atoms with van der Waals surface area (Å²) < 4.78 is 79.7. The molecule has 0 aromatic heterocycles. The van der Waals surface area contributed by atoms with E-state index in [2.05, 4.69) is 13.2 Å². The topological polar surface area (TPSA) is 105 Å². The highest BCUT2D eigenvalue weighted by Crippen LogP contribution is 2.42. The van der Waals surface area contributed by atoms with Crippen molar-refractivity contribution in [3.8, 4) is 0 Å². The molecule has 3 rings (SSSR count). The van der Waals surface area contributed by atoms with E-state index in [-0.39, 0.29) is 21.4 Å². The number of amides is 2. The van der Waals surface area contributed by atoms with Crippen LogP contribution in [0.2, 0.25) is 0 Å². The first-order valence-electron chi connectivity index (χ1n) is 8.77. The monoisotopic (exact) mass is 466 g/mol. The van der Waals surface area contributed by atoms with Crippen LogP contribution < -0.4 is 10.9 Å². The highest BCUT2D eigenvalue weighted by Gasteiger charge is 2.64. The van der Waals surface area contributed by atoms with Crippen LogP contribution in [0, 0.1) is 0 Å². The van der Waals surface area contributed by atoms with Gasteiger partial charge in [0.05, 0.1) is 0 Å². The average molecular weight is 466 g/mol. The van der Waals surface area contributed by atoms with Crippen molar-refractivity contribution in [3.63, 3.8) is 0 Å². The first-order valence-corrected chi connectivity index (χ1v) is 8.77.